The number of nitrogens with zero attached hydrogens (tertiary/aromatic N) is 2. The van der Waals surface area contributed by atoms with Crippen LogP contribution in [0.25, 0.3) is 22.6 Å². The first-order chi connectivity index (χ1) is 11.5. The summed E-state index contributed by atoms with van der Waals surface area (Å²) >= 11 is 12.1. The highest BCUT2D eigenvalue weighted by Gasteiger charge is 2.21. The Morgan fingerprint density at radius 2 is 2.04 bits per heavy atom. The standard InChI is InChI=1S/C18H11Cl2FN2O/c19-11-4-5-12-16(9-11)22-17-10(6-7-23(17)18(12)24)8-13-14(20)2-1-3-15(13)21/h1-5,8-9H,6-7H2. The molecule has 0 aliphatic carbocycles. The zero-order chi connectivity index (χ0) is 16.8. The van der Waals surface area contributed by atoms with Crippen LogP contribution in [0.5, 0.6) is 0 Å². The van der Waals surface area contributed by atoms with Crippen molar-refractivity contribution in [1.29, 1.82) is 0 Å². The van der Waals surface area contributed by atoms with Gasteiger partial charge in [0.2, 0.25) is 0 Å². The fraction of sp³-hybridized carbons (Fsp3) is 0.111. The second-order valence-corrected chi connectivity index (χ2v) is 6.45. The van der Waals surface area contributed by atoms with Gasteiger partial charge in [-0.25, -0.2) is 9.37 Å². The van der Waals surface area contributed by atoms with Crippen molar-refractivity contribution in [1.82, 2.24) is 9.55 Å². The Kier molecular flexibility index (Phi) is 3.66. The van der Waals surface area contributed by atoms with Crippen molar-refractivity contribution in [2.75, 3.05) is 0 Å². The SMILES string of the molecule is O=c1c2ccc(Cl)cc2nc2n1CCC2=Cc1c(F)cccc1Cl. The van der Waals surface area contributed by atoms with Gasteiger partial charge in [-0.3, -0.25) is 9.36 Å². The maximum atomic E-state index is 14.0. The van der Waals surface area contributed by atoms with Crippen LogP contribution in [0.2, 0.25) is 10.0 Å². The minimum absolute atomic E-state index is 0.116. The maximum absolute atomic E-state index is 14.0. The second kappa shape index (κ2) is 5.72. The van der Waals surface area contributed by atoms with Crippen molar-refractivity contribution in [2.45, 2.75) is 13.0 Å². The van der Waals surface area contributed by atoms with Crippen molar-refractivity contribution in [2.24, 2.45) is 0 Å². The smallest absolute Gasteiger partial charge is 0.261 e. The Labute approximate surface area is 147 Å². The predicted octanol–water partition coefficient (Wildman–Crippen LogP) is 4.79. The van der Waals surface area contributed by atoms with E-state index in [1.807, 2.05) is 0 Å². The monoisotopic (exact) mass is 360 g/mol. The Balaban J connectivity index is 1.95. The summed E-state index contributed by atoms with van der Waals surface area (Å²) in [7, 11) is 0. The van der Waals surface area contributed by atoms with E-state index in [0.29, 0.717) is 45.3 Å². The molecule has 2 aromatic carbocycles. The molecule has 24 heavy (non-hydrogen) atoms. The number of hydrogen-bond acceptors (Lipinski definition) is 2. The Morgan fingerprint density at radius 3 is 2.83 bits per heavy atom. The average Bonchev–Trinajstić information content (AvgIpc) is 2.94. The molecule has 1 aliphatic heterocycles. The summed E-state index contributed by atoms with van der Waals surface area (Å²) in [6.07, 6.45) is 2.26. The molecule has 0 radical (unpaired) electrons. The molecule has 0 unspecified atom stereocenters. The van der Waals surface area contributed by atoms with Gasteiger partial charge in [0.15, 0.2) is 0 Å². The minimum atomic E-state index is -0.403. The van der Waals surface area contributed by atoms with Crippen molar-refractivity contribution in [3.8, 4) is 0 Å². The molecule has 6 heteroatoms. The number of fused-ring (bicyclic) bond motifs is 2. The molecule has 4 rings (SSSR count). The van der Waals surface area contributed by atoms with Crippen LogP contribution < -0.4 is 5.56 Å². The van der Waals surface area contributed by atoms with Crippen LogP contribution in [-0.4, -0.2) is 9.55 Å². The molecule has 2 heterocycles. The van der Waals surface area contributed by atoms with E-state index >= 15 is 0 Å². The average molecular weight is 361 g/mol. The molecule has 3 nitrogen and oxygen atoms in total. The van der Waals surface area contributed by atoms with Crippen LogP contribution in [0, 0.1) is 5.82 Å². The lowest BCUT2D eigenvalue weighted by Gasteiger charge is -2.06. The summed E-state index contributed by atoms with van der Waals surface area (Å²) in [5.41, 5.74) is 1.50. The third-order valence-electron chi connectivity index (χ3n) is 4.13. The van der Waals surface area contributed by atoms with Gasteiger partial charge in [0.1, 0.15) is 11.6 Å². The van der Waals surface area contributed by atoms with Gasteiger partial charge in [0, 0.05) is 17.1 Å². The number of aromatic nitrogens is 2. The lowest BCUT2D eigenvalue weighted by molar-refractivity contribution is 0.625. The number of benzene rings is 2. The van der Waals surface area contributed by atoms with E-state index in [-0.39, 0.29) is 5.56 Å². The topological polar surface area (TPSA) is 34.9 Å². The van der Waals surface area contributed by atoms with E-state index in [4.69, 9.17) is 23.2 Å². The van der Waals surface area contributed by atoms with Gasteiger partial charge in [-0.15, -0.1) is 0 Å². The lowest BCUT2D eigenvalue weighted by Crippen LogP contribution is -2.20. The summed E-state index contributed by atoms with van der Waals surface area (Å²) in [5, 5.41) is 1.36. The zero-order valence-corrected chi connectivity index (χ0v) is 13.9. The molecule has 1 aliphatic rings. The van der Waals surface area contributed by atoms with E-state index in [0.717, 1.165) is 5.57 Å². The molecule has 0 bridgehead atoms. The molecule has 0 atom stereocenters. The molecule has 0 amide bonds. The van der Waals surface area contributed by atoms with E-state index in [1.165, 1.54) is 6.07 Å². The van der Waals surface area contributed by atoms with Gasteiger partial charge in [-0.05, 0) is 48.4 Å². The normalized spacial score (nSPS) is 15.2. The van der Waals surface area contributed by atoms with Crippen LogP contribution in [0.4, 0.5) is 4.39 Å². The number of halogens is 3. The summed E-state index contributed by atoms with van der Waals surface area (Å²) in [4.78, 5) is 17.2. The molecule has 3 aromatic rings. The van der Waals surface area contributed by atoms with Crippen LogP contribution >= 0.6 is 23.2 Å². The molecule has 1 aromatic heterocycles. The maximum Gasteiger partial charge on any atom is 0.261 e. The first-order valence-corrected chi connectivity index (χ1v) is 8.15. The van der Waals surface area contributed by atoms with Crippen LogP contribution in [0.15, 0.2) is 41.2 Å². The molecule has 0 spiro atoms. The third-order valence-corrected chi connectivity index (χ3v) is 4.69. The molecule has 0 fully saturated rings. The first-order valence-electron chi connectivity index (χ1n) is 7.39. The van der Waals surface area contributed by atoms with Gasteiger partial charge in [0.05, 0.1) is 15.9 Å². The van der Waals surface area contributed by atoms with Gasteiger partial charge in [-0.1, -0.05) is 29.3 Å². The predicted molar refractivity (Wildman–Crippen MR) is 94.9 cm³/mol. The quantitative estimate of drug-likeness (QED) is 0.625. The van der Waals surface area contributed by atoms with Gasteiger partial charge < -0.3 is 0 Å². The molecule has 0 N–H and O–H groups in total. The first kappa shape index (κ1) is 15.4. The Morgan fingerprint density at radius 1 is 1.21 bits per heavy atom. The van der Waals surface area contributed by atoms with Gasteiger partial charge >= 0.3 is 0 Å². The largest absolute Gasteiger partial charge is 0.292 e. The highest BCUT2D eigenvalue weighted by molar-refractivity contribution is 6.32. The summed E-state index contributed by atoms with van der Waals surface area (Å²) < 4.78 is 15.6. The van der Waals surface area contributed by atoms with Gasteiger partial charge in [0.25, 0.3) is 5.56 Å². The molecular weight excluding hydrogens is 350 g/mol. The summed E-state index contributed by atoms with van der Waals surface area (Å²) in [6, 6.07) is 9.55. The molecular formula is C18H11Cl2FN2O. The highest BCUT2D eigenvalue weighted by atomic mass is 35.5. The van der Waals surface area contributed by atoms with Crippen molar-refractivity contribution in [3.05, 3.63) is 74.0 Å². The minimum Gasteiger partial charge on any atom is -0.292 e. The number of rotatable bonds is 1. The fourth-order valence-electron chi connectivity index (χ4n) is 2.95. The van der Waals surface area contributed by atoms with E-state index in [1.54, 1.807) is 41.0 Å². The highest BCUT2D eigenvalue weighted by Crippen LogP contribution is 2.31. The third kappa shape index (κ3) is 2.43. The fourth-order valence-corrected chi connectivity index (χ4v) is 3.33. The Bertz CT molecular complexity index is 1050. The van der Waals surface area contributed by atoms with Crippen LogP contribution in [-0.2, 0) is 6.54 Å². The zero-order valence-electron chi connectivity index (χ0n) is 12.4. The van der Waals surface area contributed by atoms with Crippen LogP contribution in [0.1, 0.15) is 17.8 Å². The number of hydrogen-bond donors (Lipinski definition) is 0. The molecule has 120 valence electrons. The van der Waals surface area contributed by atoms with Crippen molar-refractivity contribution >= 4 is 45.8 Å². The van der Waals surface area contributed by atoms with E-state index < -0.39 is 5.82 Å². The second-order valence-electron chi connectivity index (χ2n) is 5.61. The van der Waals surface area contributed by atoms with Crippen molar-refractivity contribution in [3.63, 3.8) is 0 Å². The van der Waals surface area contributed by atoms with E-state index in [9.17, 15) is 9.18 Å². The van der Waals surface area contributed by atoms with Crippen LogP contribution in [0.3, 0.4) is 0 Å². The number of allylic oxidation sites excluding steroid dienone is 1. The summed E-state index contributed by atoms with van der Waals surface area (Å²) in [6.45, 7) is 0.512. The molecule has 0 saturated carbocycles. The lowest BCUT2D eigenvalue weighted by atomic mass is 10.1. The summed E-state index contributed by atoms with van der Waals surface area (Å²) in [5.74, 6) is 0.133. The molecule has 0 saturated heterocycles. The Hall–Kier alpha value is -2.17. The van der Waals surface area contributed by atoms with Crippen molar-refractivity contribution < 1.29 is 4.39 Å². The van der Waals surface area contributed by atoms with Gasteiger partial charge in [-0.2, -0.15) is 0 Å². The van der Waals surface area contributed by atoms with E-state index in [2.05, 4.69) is 4.98 Å².